The number of rotatable bonds is 2. The molecule has 0 N–H and O–H groups in total. The van der Waals surface area contributed by atoms with E-state index in [2.05, 4.69) is 24.7 Å². The van der Waals surface area contributed by atoms with Crippen LogP contribution in [0.1, 0.15) is 24.7 Å². The van der Waals surface area contributed by atoms with Crippen LogP contribution >= 0.6 is 23.2 Å². The van der Waals surface area contributed by atoms with Crippen LogP contribution in [0.5, 0.6) is 0 Å². The van der Waals surface area contributed by atoms with Crippen molar-refractivity contribution in [3.05, 3.63) is 22.2 Å². The summed E-state index contributed by atoms with van der Waals surface area (Å²) < 4.78 is 0. The molecule has 0 spiro atoms. The summed E-state index contributed by atoms with van der Waals surface area (Å²) in [5, 5.41) is 0.663. The second-order valence-electron chi connectivity index (χ2n) is 2.69. The Morgan fingerprint density at radius 1 is 1.58 bits per heavy atom. The zero-order valence-corrected chi connectivity index (χ0v) is 8.52. The van der Waals surface area contributed by atoms with Crippen LogP contribution in [0, 0.1) is 0 Å². The molecule has 0 amide bonds. The molecule has 1 aromatic rings. The number of halogens is 2. The lowest BCUT2D eigenvalue weighted by Gasteiger charge is -2.08. The smallest absolute Gasteiger partial charge is 0.223 e. The Kier molecular flexibility index (Phi) is 3.35. The Morgan fingerprint density at radius 2 is 2.25 bits per heavy atom. The highest BCUT2D eigenvalue weighted by atomic mass is 35.5. The van der Waals surface area contributed by atoms with Gasteiger partial charge in [0.2, 0.25) is 5.28 Å². The molecular formula is C7H9BCl2N2. The molecule has 0 radical (unpaired) electrons. The van der Waals surface area contributed by atoms with Gasteiger partial charge in [0.15, 0.2) is 0 Å². The average molecular weight is 203 g/mol. The van der Waals surface area contributed by atoms with E-state index in [4.69, 9.17) is 23.2 Å². The van der Waals surface area contributed by atoms with Crippen molar-refractivity contribution in [3.63, 3.8) is 0 Å². The summed E-state index contributed by atoms with van der Waals surface area (Å²) in [5.74, 6) is 0.384. The van der Waals surface area contributed by atoms with Crippen LogP contribution in [0.3, 0.4) is 0 Å². The van der Waals surface area contributed by atoms with E-state index in [-0.39, 0.29) is 5.28 Å². The van der Waals surface area contributed by atoms with Crippen molar-refractivity contribution in [1.29, 1.82) is 0 Å². The van der Waals surface area contributed by atoms with Gasteiger partial charge in [0.05, 0.1) is 0 Å². The van der Waals surface area contributed by atoms with Crippen molar-refractivity contribution in [2.45, 2.75) is 19.2 Å². The molecule has 0 aliphatic rings. The molecule has 12 heavy (non-hydrogen) atoms. The van der Waals surface area contributed by atoms with Crippen LogP contribution in [0.15, 0.2) is 6.20 Å². The maximum absolute atomic E-state index is 5.87. The van der Waals surface area contributed by atoms with Crippen molar-refractivity contribution < 1.29 is 0 Å². The maximum Gasteiger partial charge on any atom is 0.223 e. The van der Waals surface area contributed by atoms with Crippen LogP contribution in [-0.4, -0.2) is 17.8 Å². The van der Waals surface area contributed by atoms with Crippen molar-refractivity contribution in [3.8, 4) is 0 Å². The van der Waals surface area contributed by atoms with Crippen LogP contribution in [0.4, 0.5) is 0 Å². The van der Waals surface area contributed by atoms with E-state index >= 15 is 0 Å². The van der Waals surface area contributed by atoms with Gasteiger partial charge in [-0.05, 0) is 17.4 Å². The molecule has 0 aliphatic carbocycles. The quantitative estimate of drug-likeness (QED) is 0.416. The van der Waals surface area contributed by atoms with Gasteiger partial charge in [-0.3, -0.25) is 0 Å². The fourth-order valence-electron chi connectivity index (χ4n) is 0.901. The molecule has 64 valence electrons. The third kappa shape index (κ3) is 2.11. The first-order chi connectivity index (χ1) is 5.65. The zero-order chi connectivity index (χ0) is 9.14. The van der Waals surface area contributed by atoms with Gasteiger partial charge in [-0.1, -0.05) is 24.9 Å². The molecule has 1 aromatic heterocycles. The van der Waals surface area contributed by atoms with Gasteiger partial charge in [-0.15, -0.1) is 0 Å². The Labute approximate surface area is 82.7 Å². The summed E-state index contributed by atoms with van der Waals surface area (Å²) in [6, 6.07) is 0. The van der Waals surface area contributed by atoms with Crippen LogP contribution in [0.25, 0.3) is 0 Å². The topological polar surface area (TPSA) is 25.8 Å². The van der Waals surface area contributed by atoms with Crippen LogP contribution in [0.2, 0.25) is 10.4 Å². The molecule has 1 unspecified atom stereocenters. The van der Waals surface area contributed by atoms with E-state index in [9.17, 15) is 0 Å². The fraction of sp³-hybridized carbons (Fsp3) is 0.429. The molecule has 1 heterocycles. The summed E-state index contributed by atoms with van der Waals surface area (Å²) >= 11 is 11.4. The van der Waals surface area contributed by atoms with Crippen molar-refractivity contribution in [1.82, 2.24) is 9.97 Å². The first kappa shape index (κ1) is 9.81. The van der Waals surface area contributed by atoms with Gasteiger partial charge in [-0.2, -0.15) is 0 Å². The molecule has 0 fully saturated rings. The SMILES string of the molecule is BC(CC)c1cnc(Cl)nc1Cl. The van der Waals surface area contributed by atoms with E-state index in [1.807, 2.05) is 0 Å². The molecule has 2 nitrogen and oxygen atoms in total. The van der Waals surface area contributed by atoms with Crippen molar-refractivity contribution in [2.75, 3.05) is 0 Å². The minimum atomic E-state index is 0.201. The zero-order valence-electron chi connectivity index (χ0n) is 7.01. The van der Waals surface area contributed by atoms with Gasteiger partial charge in [-0.25, -0.2) is 9.97 Å². The maximum atomic E-state index is 5.87. The molecular weight excluding hydrogens is 194 g/mol. The standard InChI is InChI=1S/C7H9BCl2N2/c1-2-5(8)4-3-11-7(10)12-6(4)9/h3,5H,2,8H2,1H3. The molecule has 1 atom stereocenters. The van der Waals surface area contributed by atoms with Gasteiger partial charge in [0.1, 0.15) is 13.0 Å². The lowest BCUT2D eigenvalue weighted by Crippen LogP contribution is -2.00. The van der Waals surface area contributed by atoms with Crippen LogP contribution in [-0.2, 0) is 0 Å². The Hall–Kier alpha value is -0.275. The predicted octanol–water partition coefficient (Wildman–Crippen LogP) is 1.87. The summed E-state index contributed by atoms with van der Waals surface area (Å²) in [6.07, 6.45) is 2.70. The third-order valence-electron chi connectivity index (χ3n) is 1.88. The van der Waals surface area contributed by atoms with E-state index in [1.54, 1.807) is 6.20 Å². The normalized spacial score (nSPS) is 12.9. The first-order valence-corrected chi connectivity index (χ1v) is 4.58. The first-order valence-electron chi connectivity index (χ1n) is 3.83. The van der Waals surface area contributed by atoms with Gasteiger partial charge in [0, 0.05) is 11.8 Å². The molecule has 0 bridgehead atoms. The molecule has 0 aliphatic heterocycles. The third-order valence-corrected chi connectivity index (χ3v) is 2.37. The Morgan fingerprint density at radius 3 is 2.75 bits per heavy atom. The lowest BCUT2D eigenvalue weighted by atomic mass is 9.80. The molecule has 0 aromatic carbocycles. The average Bonchev–Trinajstić information content (AvgIpc) is 2.03. The number of nitrogens with zero attached hydrogens (tertiary/aromatic N) is 2. The van der Waals surface area contributed by atoms with E-state index < -0.39 is 0 Å². The van der Waals surface area contributed by atoms with E-state index in [0.29, 0.717) is 11.0 Å². The minimum Gasteiger partial charge on any atom is -0.226 e. The molecule has 5 heteroatoms. The molecule has 0 saturated carbocycles. The van der Waals surface area contributed by atoms with Crippen LogP contribution < -0.4 is 0 Å². The number of hydrogen-bond donors (Lipinski definition) is 0. The van der Waals surface area contributed by atoms with Crippen molar-refractivity contribution in [2.24, 2.45) is 0 Å². The van der Waals surface area contributed by atoms with Gasteiger partial charge >= 0.3 is 0 Å². The van der Waals surface area contributed by atoms with Gasteiger partial charge in [0.25, 0.3) is 0 Å². The Bertz CT molecular complexity index is 280. The summed E-state index contributed by atoms with van der Waals surface area (Å²) in [4.78, 5) is 7.74. The molecule has 1 rings (SSSR count). The monoisotopic (exact) mass is 202 g/mol. The predicted molar refractivity (Wildman–Crippen MR) is 53.6 cm³/mol. The summed E-state index contributed by atoms with van der Waals surface area (Å²) in [7, 11) is 2.08. The molecule has 0 saturated heterocycles. The lowest BCUT2D eigenvalue weighted by molar-refractivity contribution is 0.865. The highest BCUT2D eigenvalue weighted by Gasteiger charge is 2.09. The number of aromatic nitrogens is 2. The minimum absolute atomic E-state index is 0.201. The van der Waals surface area contributed by atoms with E-state index in [0.717, 1.165) is 12.0 Å². The highest BCUT2D eigenvalue weighted by molar-refractivity contribution is 6.32. The highest BCUT2D eigenvalue weighted by Crippen LogP contribution is 2.22. The summed E-state index contributed by atoms with van der Waals surface area (Å²) in [6.45, 7) is 2.09. The van der Waals surface area contributed by atoms with Gasteiger partial charge < -0.3 is 0 Å². The second kappa shape index (κ2) is 4.10. The van der Waals surface area contributed by atoms with E-state index in [1.165, 1.54) is 0 Å². The second-order valence-corrected chi connectivity index (χ2v) is 3.39. The fourth-order valence-corrected chi connectivity index (χ4v) is 1.39. The summed E-state index contributed by atoms with van der Waals surface area (Å²) in [5.41, 5.74) is 0.962. The largest absolute Gasteiger partial charge is 0.226 e. The Balaban J connectivity index is 3.01. The van der Waals surface area contributed by atoms with Crippen molar-refractivity contribution >= 4 is 31.0 Å². The number of hydrogen-bond acceptors (Lipinski definition) is 2.